The number of esters is 2. The first-order valence-electron chi connectivity index (χ1n) is 10.6. The Hall–Kier alpha value is -2.78. The number of hydrogen-bond donors (Lipinski definition) is 1. The van der Waals surface area contributed by atoms with Crippen LogP contribution in [0.2, 0.25) is 0 Å². The topological polar surface area (TPSA) is 94.6 Å². The highest BCUT2D eigenvalue weighted by Gasteiger charge is 2.26. The second-order valence-electron chi connectivity index (χ2n) is 7.54. The summed E-state index contributed by atoms with van der Waals surface area (Å²) >= 11 is 2.96. The van der Waals surface area contributed by atoms with Crippen molar-refractivity contribution in [1.29, 1.82) is 0 Å². The first kappa shape index (κ1) is 22.4. The summed E-state index contributed by atoms with van der Waals surface area (Å²) in [5.41, 5.74) is 2.32. The number of fused-ring (bicyclic) bond motifs is 2. The van der Waals surface area contributed by atoms with Crippen LogP contribution in [-0.2, 0) is 38.3 Å². The molecule has 0 unspecified atom stereocenters. The van der Waals surface area contributed by atoms with E-state index >= 15 is 0 Å². The van der Waals surface area contributed by atoms with Gasteiger partial charge < -0.3 is 14.8 Å². The second-order valence-corrected chi connectivity index (χ2v) is 9.76. The lowest BCUT2D eigenvalue weighted by Crippen LogP contribution is -2.21. The Morgan fingerprint density at radius 3 is 2.72 bits per heavy atom. The molecule has 0 fully saturated rings. The van der Waals surface area contributed by atoms with Gasteiger partial charge in [0.15, 0.2) is 6.61 Å². The largest absolute Gasteiger partial charge is 0.465 e. The van der Waals surface area contributed by atoms with Crippen LogP contribution in [0.3, 0.4) is 0 Å². The fourth-order valence-corrected chi connectivity index (χ4v) is 6.03. The van der Waals surface area contributed by atoms with Crippen LogP contribution in [0.15, 0.2) is 24.3 Å². The number of hydrogen-bond acceptors (Lipinski definition) is 8. The van der Waals surface area contributed by atoms with E-state index in [0.29, 0.717) is 17.0 Å². The second kappa shape index (κ2) is 10.2. The predicted octanol–water partition coefficient (Wildman–Crippen LogP) is 4.53. The molecule has 2 aromatic heterocycles. The van der Waals surface area contributed by atoms with Crippen molar-refractivity contribution in [3.63, 3.8) is 0 Å². The van der Waals surface area contributed by atoms with Crippen molar-refractivity contribution in [3.05, 3.63) is 45.3 Å². The van der Waals surface area contributed by atoms with Crippen molar-refractivity contribution in [2.45, 2.75) is 44.9 Å². The fraction of sp³-hybridized carbons (Fsp3) is 0.391. The van der Waals surface area contributed by atoms with E-state index in [1.807, 2.05) is 24.3 Å². The van der Waals surface area contributed by atoms with E-state index in [2.05, 4.69) is 10.3 Å². The number of ether oxygens (including phenoxy) is 2. The number of nitrogens with one attached hydrogen (secondary N) is 1. The van der Waals surface area contributed by atoms with Gasteiger partial charge in [-0.05, 0) is 43.4 Å². The van der Waals surface area contributed by atoms with Crippen molar-refractivity contribution in [1.82, 2.24) is 4.98 Å². The van der Waals surface area contributed by atoms with Crippen molar-refractivity contribution < 1.29 is 23.9 Å². The molecule has 0 bridgehead atoms. The summed E-state index contributed by atoms with van der Waals surface area (Å²) in [6.45, 7) is -0.401. The molecular formula is C23H24N2O5S2. The summed E-state index contributed by atoms with van der Waals surface area (Å²) in [5.74, 6) is -1.39. The number of aryl methyl sites for hydroxylation is 2. The highest BCUT2D eigenvalue weighted by molar-refractivity contribution is 7.18. The van der Waals surface area contributed by atoms with Gasteiger partial charge in [-0.25, -0.2) is 9.78 Å². The molecule has 32 heavy (non-hydrogen) atoms. The number of aromatic nitrogens is 1. The molecule has 0 radical (unpaired) electrons. The molecule has 9 heteroatoms. The van der Waals surface area contributed by atoms with Gasteiger partial charge in [-0.1, -0.05) is 18.6 Å². The molecular weight excluding hydrogens is 448 g/mol. The number of thiophene rings is 1. The number of carbonyl (C=O) groups is 3. The number of para-hydroxylation sites is 1. The number of carbonyl (C=O) groups excluding carboxylic acids is 3. The molecule has 2 heterocycles. The van der Waals surface area contributed by atoms with Crippen molar-refractivity contribution in [2.75, 3.05) is 19.0 Å². The Balaban J connectivity index is 1.32. The SMILES string of the molecule is COC(=O)c1c(NC(=O)COC(=O)CCc2nc3ccccc3s2)sc2c1CCCCC2. The van der Waals surface area contributed by atoms with E-state index in [9.17, 15) is 14.4 Å². The molecule has 3 aromatic rings. The average Bonchev–Trinajstić information content (AvgIpc) is 3.28. The number of anilines is 1. The van der Waals surface area contributed by atoms with E-state index in [0.717, 1.165) is 57.8 Å². The maximum absolute atomic E-state index is 12.4. The third-order valence-electron chi connectivity index (χ3n) is 5.31. The lowest BCUT2D eigenvalue weighted by molar-refractivity contribution is -0.147. The number of nitrogens with zero attached hydrogens (tertiary/aromatic N) is 1. The third kappa shape index (κ3) is 5.16. The lowest BCUT2D eigenvalue weighted by atomic mass is 10.1. The molecule has 168 valence electrons. The minimum atomic E-state index is -0.472. The third-order valence-corrected chi connectivity index (χ3v) is 7.61. The van der Waals surface area contributed by atoms with E-state index in [1.54, 1.807) is 11.3 Å². The zero-order valence-corrected chi connectivity index (χ0v) is 19.4. The van der Waals surface area contributed by atoms with Crippen LogP contribution in [0.1, 0.15) is 51.5 Å². The first-order chi connectivity index (χ1) is 15.5. The van der Waals surface area contributed by atoms with Crippen LogP contribution in [-0.4, -0.2) is 36.5 Å². The van der Waals surface area contributed by atoms with Crippen molar-refractivity contribution in [2.24, 2.45) is 0 Å². The normalized spacial score (nSPS) is 13.3. The molecule has 1 aliphatic carbocycles. The summed E-state index contributed by atoms with van der Waals surface area (Å²) in [4.78, 5) is 42.5. The summed E-state index contributed by atoms with van der Waals surface area (Å²) in [6.07, 6.45) is 5.49. The maximum Gasteiger partial charge on any atom is 0.341 e. The molecule has 1 amide bonds. The molecule has 4 rings (SSSR count). The molecule has 7 nitrogen and oxygen atoms in total. The smallest absolute Gasteiger partial charge is 0.341 e. The van der Waals surface area contributed by atoms with Crippen molar-refractivity contribution >= 4 is 55.7 Å². The van der Waals surface area contributed by atoms with Gasteiger partial charge in [0.25, 0.3) is 5.91 Å². The standard InChI is InChI=1S/C23H24N2O5S2/c1-29-23(28)21-14-7-3-2-4-9-16(14)32-22(21)25-18(26)13-30-20(27)12-11-19-24-15-8-5-6-10-17(15)31-19/h5-6,8,10H,2-4,7,9,11-13H2,1H3,(H,25,26). The number of rotatable bonds is 7. The molecule has 0 saturated heterocycles. The Labute approximate surface area is 193 Å². The molecule has 1 aromatic carbocycles. The van der Waals surface area contributed by atoms with Gasteiger partial charge in [-0.3, -0.25) is 9.59 Å². The summed E-state index contributed by atoms with van der Waals surface area (Å²) in [5, 5.41) is 4.07. The Kier molecular flexibility index (Phi) is 7.16. The zero-order chi connectivity index (χ0) is 22.5. The van der Waals surface area contributed by atoms with Gasteiger partial charge in [0, 0.05) is 11.3 Å². The summed E-state index contributed by atoms with van der Waals surface area (Å²) < 4.78 is 11.2. The van der Waals surface area contributed by atoms with Gasteiger partial charge in [0.05, 0.1) is 34.3 Å². The van der Waals surface area contributed by atoms with E-state index < -0.39 is 24.5 Å². The minimum Gasteiger partial charge on any atom is -0.465 e. The molecule has 1 aliphatic rings. The molecule has 0 atom stereocenters. The van der Waals surface area contributed by atoms with Gasteiger partial charge in [0.1, 0.15) is 5.00 Å². The zero-order valence-electron chi connectivity index (χ0n) is 17.8. The highest BCUT2D eigenvalue weighted by atomic mass is 32.1. The van der Waals surface area contributed by atoms with Gasteiger partial charge in [0.2, 0.25) is 0 Å². The van der Waals surface area contributed by atoms with E-state index in [4.69, 9.17) is 9.47 Å². The van der Waals surface area contributed by atoms with Crippen LogP contribution in [0.4, 0.5) is 5.00 Å². The molecule has 1 N–H and O–H groups in total. The quantitative estimate of drug-likeness (QED) is 0.401. The Morgan fingerprint density at radius 1 is 1.09 bits per heavy atom. The highest BCUT2D eigenvalue weighted by Crippen LogP contribution is 2.37. The Bertz CT molecular complexity index is 1120. The number of methoxy groups -OCH3 is 1. The minimum absolute atomic E-state index is 0.147. The Morgan fingerprint density at radius 2 is 1.91 bits per heavy atom. The monoisotopic (exact) mass is 472 g/mol. The molecule has 0 spiro atoms. The summed E-state index contributed by atoms with van der Waals surface area (Å²) in [7, 11) is 1.34. The van der Waals surface area contributed by atoms with E-state index in [-0.39, 0.29) is 6.42 Å². The van der Waals surface area contributed by atoms with Crippen LogP contribution in [0.5, 0.6) is 0 Å². The van der Waals surface area contributed by atoms with E-state index in [1.165, 1.54) is 18.4 Å². The lowest BCUT2D eigenvalue weighted by Gasteiger charge is -2.08. The van der Waals surface area contributed by atoms with Crippen molar-refractivity contribution in [3.8, 4) is 0 Å². The van der Waals surface area contributed by atoms with Gasteiger partial charge >= 0.3 is 11.9 Å². The van der Waals surface area contributed by atoms with Gasteiger partial charge in [-0.2, -0.15) is 0 Å². The average molecular weight is 473 g/mol. The molecule has 0 saturated carbocycles. The number of benzene rings is 1. The fourth-order valence-electron chi connectivity index (χ4n) is 3.77. The van der Waals surface area contributed by atoms with Crippen LogP contribution < -0.4 is 5.32 Å². The first-order valence-corrected chi connectivity index (χ1v) is 12.2. The number of thiazole rings is 1. The van der Waals surface area contributed by atoms with Crippen LogP contribution >= 0.6 is 22.7 Å². The number of amides is 1. The van der Waals surface area contributed by atoms with Crippen LogP contribution in [0.25, 0.3) is 10.2 Å². The van der Waals surface area contributed by atoms with Crippen LogP contribution in [0, 0.1) is 0 Å². The van der Waals surface area contributed by atoms with Gasteiger partial charge in [-0.15, -0.1) is 22.7 Å². The molecule has 0 aliphatic heterocycles. The summed E-state index contributed by atoms with van der Waals surface area (Å²) in [6, 6.07) is 7.81. The maximum atomic E-state index is 12.4. The predicted molar refractivity (Wildman–Crippen MR) is 124 cm³/mol.